The smallest absolute Gasteiger partial charge is 0.264 e. The Kier molecular flexibility index (Phi) is 6.55. The quantitative estimate of drug-likeness (QED) is 0.551. The van der Waals surface area contributed by atoms with Gasteiger partial charge in [-0.3, -0.25) is 9.10 Å². The predicted molar refractivity (Wildman–Crippen MR) is 119 cm³/mol. The molecule has 0 spiro atoms. The molecule has 9 heteroatoms. The lowest BCUT2D eigenvalue weighted by atomic mass is 10.2. The van der Waals surface area contributed by atoms with E-state index in [4.69, 9.17) is 27.9 Å². The minimum atomic E-state index is -3.93. The second-order valence-corrected chi connectivity index (χ2v) is 9.09. The average molecular weight is 465 g/mol. The Labute approximate surface area is 185 Å². The molecular weight excluding hydrogens is 447 g/mol. The molecule has 0 aromatic heterocycles. The predicted octanol–water partition coefficient (Wildman–Crippen LogP) is 5.08. The first-order valence-electron chi connectivity index (χ1n) is 8.72. The van der Waals surface area contributed by atoms with E-state index >= 15 is 0 Å². The van der Waals surface area contributed by atoms with Gasteiger partial charge in [0.25, 0.3) is 15.9 Å². The zero-order chi connectivity index (χ0) is 21.9. The van der Waals surface area contributed by atoms with Crippen molar-refractivity contribution in [2.75, 3.05) is 23.8 Å². The number of carbonyl (C=O) groups excluding carboxylic acids is 1. The molecule has 1 N–H and O–H groups in total. The van der Waals surface area contributed by atoms with E-state index in [9.17, 15) is 13.2 Å². The van der Waals surface area contributed by atoms with Crippen LogP contribution in [0.25, 0.3) is 0 Å². The first kappa shape index (κ1) is 22.0. The third-order valence-electron chi connectivity index (χ3n) is 4.38. The van der Waals surface area contributed by atoms with Gasteiger partial charge in [-0.05, 0) is 66.7 Å². The minimum Gasteiger partial charge on any atom is -0.497 e. The van der Waals surface area contributed by atoms with Gasteiger partial charge in [-0.15, -0.1) is 0 Å². The van der Waals surface area contributed by atoms with Crippen molar-refractivity contribution in [2.24, 2.45) is 0 Å². The van der Waals surface area contributed by atoms with Crippen LogP contribution in [0.3, 0.4) is 0 Å². The van der Waals surface area contributed by atoms with Crippen LogP contribution in [0.2, 0.25) is 10.0 Å². The lowest BCUT2D eigenvalue weighted by Gasteiger charge is -2.20. The van der Waals surface area contributed by atoms with Crippen LogP contribution < -0.4 is 14.4 Å². The second kappa shape index (κ2) is 8.95. The molecule has 30 heavy (non-hydrogen) atoms. The molecule has 0 saturated carbocycles. The van der Waals surface area contributed by atoms with E-state index in [0.717, 1.165) is 4.31 Å². The summed E-state index contributed by atoms with van der Waals surface area (Å²) >= 11 is 12.0. The molecule has 156 valence electrons. The largest absolute Gasteiger partial charge is 0.497 e. The van der Waals surface area contributed by atoms with Crippen LogP contribution >= 0.6 is 23.2 Å². The van der Waals surface area contributed by atoms with E-state index in [0.29, 0.717) is 22.1 Å². The maximum atomic E-state index is 13.1. The van der Waals surface area contributed by atoms with Gasteiger partial charge in [0.05, 0.1) is 28.3 Å². The van der Waals surface area contributed by atoms with E-state index in [2.05, 4.69) is 5.32 Å². The van der Waals surface area contributed by atoms with Gasteiger partial charge in [0.15, 0.2) is 0 Å². The fraction of sp³-hybridized carbons (Fsp3) is 0.0952. The zero-order valence-electron chi connectivity index (χ0n) is 16.1. The van der Waals surface area contributed by atoms with Crippen molar-refractivity contribution < 1.29 is 17.9 Å². The Morgan fingerprint density at radius 3 is 2.20 bits per heavy atom. The Hall–Kier alpha value is -2.74. The fourth-order valence-corrected chi connectivity index (χ4v) is 4.21. The highest BCUT2D eigenvalue weighted by atomic mass is 35.5. The number of ether oxygens (including phenoxy) is 1. The summed E-state index contributed by atoms with van der Waals surface area (Å²) in [6.07, 6.45) is 0. The lowest BCUT2D eigenvalue weighted by Crippen LogP contribution is -2.27. The van der Waals surface area contributed by atoms with Crippen molar-refractivity contribution in [3.05, 3.63) is 82.3 Å². The lowest BCUT2D eigenvalue weighted by molar-refractivity contribution is 0.102. The number of rotatable bonds is 6. The molecule has 0 unspecified atom stereocenters. The molecular formula is C21H18Cl2N2O4S. The van der Waals surface area contributed by atoms with Crippen molar-refractivity contribution in [1.82, 2.24) is 0 Å². The first-order valence-corrected chi connectivity index (χ1v) is 10.9. The average Bonchev–Trinajstić information content (AvgIpc) is 2.75. The van der Waals surface area contributed by atoms with Crippen LogP contribution in [0.5, 0.6) is 5.75 Å². The number of carbonyl (C=O) groups is 1. The highest BCUT2D eigenvalue weighted by molar-refractivity contribution is 7.92. The molecule has 1 amide bonds. The number of hydrogen-bond acceptors (Lipinski definition) is 4. The molecule has 0 aliphatic carbocycles. The van der Waals surface area contributed by atoms with Crippen molar-refractivity contribution >= 4 is 50.5 Å². The van der Waals surface area contributed by atoms with Crippen LogP contribution in [0, 0.1) is 0 Å². The van der Waals surface area contributed by atoms with Crippen LogP contribution in [0.15, 0.2) is 71.6 Å². The number of methoxy groups -OCH3 is 1. The van der Waals surface area contributed by atoms with E-state index in [1.165, 1.54) is 32.4 Å². The number of nitrogens with zero attached hydrogens (tertiary/aromatic N) is 1. The number of amides is 1. The normalized spacial score (nSPS) is 11.1. The first-order chi connectivity index (χ1) is 14.2. The Bertz CT molecular complexity index is 1160. The number of nitrogens with one attached hydrogen (secondary N) is 1. The molecule has 0 radical (unpaired) electrons. The summed E-state index contributed by atoms with van der Waals surface area (Å²) in [5.41, 5.74) is 0.984. The Morgan fingerprint density at radius 1 is 0.967 bits per heavy atom. The van der Waals surface area contributed by atoms with Gasteiger partial charge in [0.2, 0.25) is 0 Å². The molecule has 0 heterocycles. The van der Waals surface area contributed by atoms with E-state index in [1.54, 1.807) is 48.5 Å². The third kappa shape index (κ3) is 4.70. The van der Waals surface area contributed by atoms with Gasteiger partial charge >= 0.3 is 0 Å². The number of sulfonamides is 1. The topological polar surface area (TPSA) is 75.7 Å². The van der Waals surface area contributed by atoms with Crippen LogP contribution in [-0.4, -0.2) is 28.5 Å². The number of anilines is 2. The van der Waals surface area contributed by atoms with Gasteiger partial charge < -0.3 is 10.1 Å². The van der Waals surface area contributed by atoms with E-state index in [-0.39, 0.29) is 15.5 Å². The second-order valence-electron chi connectivity index (χ2n) is 6.27. The minimum absolute atomic E-state index is 0.0378. The number of halogens is 2. The van der Waals surface area contributed by atoms with Gasteiger partial charge in [0, 0.05) is 17.8 Å². The standard InChI is InChI=1S/C21H18Cl2N2O4S/c1-25(16-7-9-17(29-2)10-8-16)30(27,28)18-11-12-20(23)19(13-18)21(26)24-15-5-3-14(22)4-6-15/h3-13H,1-2H3,(H,24,26). The summed E-state index contributed by atoms with van der Waals surface area (Å²) in [6.45, 7) is 0. The number of hydrogen-bond donors (Lipinski definition) is 1. The van der Waals surface area contributed by atoms with Crippen molar-refractivity contribution in [2.45, 2.75) is 4.90 Å². The summed E-state index contributed by atoms with van der Waals surface area (Å²) < 4.78 is 32.4. The maximum Gasteiger partial charge on any atom is 0.264 e. The molecule has 0 aliphatic rings. The van der Waals surface area contributed by atoms with Crippen molar-refractivity contribution in [1.29, 1.82) is 0 Å². The molecule has 3 aromatic rings. The van der Waals surface area contributed by atoms with Crippen molar-refractivity contribution in [3.8, 4) is 5.75 Å². The van der Waals surface area contributed by atoms with E-state index < -0.39 is 15.9 Å². The summed E-state index contributed by atoms with van der Waals surface area (Å²) in [7, 11) is -0.969. The Balaban J connectivity index is 1.90. The van der Waals surface area contributed by atoms with Gasteiger partial charge in [-0.25, -0.2) is 8.42 Å². The van der Waals surface area contributed by atoms with Crippen LogP contribution in [0.4, 0.5) is 11.4 Å². The van der Waals surface area contributed by atoms with Gasteiger partial charge in [-0.2, -0.15) is 0 Å². The Morgan fingerprint density at radius 2 is 1.60 bits per heavy atom. The number of benzene rings is 3. The fourth-order valence-electron chi connectivity index (χ4n) is 2.66. The zero-order valence-corrected chi connectivity index (χ0v) is 18.4. The van der Waals surface area contributed by atoms with E-state index in [1.807, 2.05) is 0 Å². The molecule has 0 atom stereocenters. The van der Waals surface area contributed by atoms with Crippen LogP contribution in [-0.2, 0) is 10.0 Å². The molecule has 0 saturated heterocycles. The summed E-state index contributed by atoms with van der Waals surface area (Å²) in [4.78, 5) is 12.6. The summed E-state index contributed by atoms with van der Waals surface area (Å²) in [5, 5.41) is 3.33. The van der Waals surface area contributed by atoms with Crippen molar-refractivity contribution in [3.63, 3.8) is 0 Å². The van der Waals surface area contributed by atoms with Gasteiger partial charge in [-0.1, -0.05) is 23.2 Å². The highest BCUT2D eigenvalue weighted by Gasteiger charge is 2.24. The summed E-state index contributed by atoms with van der Waals surface area (Å²) in [5.74, 6) is 0.0728. The molecule has 3 rings (SSSR count). The molecule has 6 nitrogen and oxygen atoms in total. The monoisotopic (exact) mass is 464 g/mol. The van der Waals surface area contributed by atoms with Gasteiger partial charge in [0.1, 0.15) is 5.75 Å². The molecule has 3 aromatic carbocycles. The summed E-state index contributed by atoms with van der Waals surface area (Å²) in [6, 6.07) is 17.1. The third-order valence-corrected chi connectivity index (χ3v) is 6.74. The van der Waals surface area contributed by atoms with Crippen LogP contribution in [0.1, 0.15) is 10.4 Å². The molecule has 0 bridgehead atoms. The maximum absolute atomic E-state index is 13.1. The SMILES string of the molecule is COc1ccc(N(C)S(=O)(=O)c2ccc(Cl)c(C(=O)Nc3ccc(Cl)cc3)c2)cc1. The highest BCUT2D eigenvalue weighted by Crippen LogP contribution is 2.27. The molecule has 0 aliphatic heterocycles. The molecule has 0 fully saturated rings.